The number of nitrogens with zero attached hydrogens (tertiary/aromatic N) is 3. The number of ether oxygens (including phenoxy) is 1. The van der Waals surface area contributed by atoms with Crippen molar-refractivity contribution in [1.82, 2.24) is 4.98 Å². The first kappa shape index (κ1) is 18.6. The molecular formula is C18H19ClF3N3O. The topological polar surface area (TPSA) is 28.6 Å². The molecule has 0 bridgehead atoms. The Morgan fingerprint density at radius 2 is 1.69 bits per heavy atom. The van der Waals surface area contributed by atoms with Crippen molar-refractivity contribution >= 4 is 23.1 Å². The molecule has 1 fully saturated rings. The van der Waals surface area contributed by atoms with Gasteiger partial charge in [0.05, 0.1) is 17.7 Å². The second-order valence-electron chi connectivity index (χ2n) is 6.05. The molecule has 140 valence electrons. The van der Waals surface area contributed by atoms with Gasteiger partial charge in [0.1, 0.15) is 11.6 Å². The molecule has 1 aliphatic heterocycles. The van der Waals surface area contributed by atoms with E-state index in [0.29, 0.717) is 18.9 Å². The molecule has 0 unspecified atom stereocenters. The summed E-state index contributed by atoms with van der Waals surface area (Å²) < 4.78 is 43.5. The fourth-order valence-electron chi connectivity index (χ4n) is 3.00. The molecule has 0 spiro atoms. The molecule has 26 heavy (non-hydrogen) atoms. The molecule has 0 atom stereocenters. The van der Waals surface area contributed by atoms with Crippen LogP contribution in [0.4, 0.5) is 24.7 Å². The Kier molecular flexibility index (Phi) is 5.46. The third-order valence-corrected chi connectivity index (χ3v) is 4.66. The summed E-state index contributed by atoms with van der Waals surface area (Å²) in [7, 11) is 1.62. The van der Waals surface area contributed by atoms with E-state index in [1.54, 1.807) is 7.11 Å². The number of aromatic nitrogens is 1. The molecule has 8 heteroatoms. The number of alkyl halides is 3. The summed E-state index contributed by atoms with van der Waals surface area (Å²) in [5.74, 6) is 1.20. The summed E-state index contributed by atoms with van der Waals surface area (Å²) in [6.07, 6.45) is -2.75. The van der Waals surface area contributed by atoms with Gasteiger partial charge in [0.15, 0.2) is 0 Å². The maximum Gasteiger partial charge on any atom is 0.417 e. The Labute approximate surface area is 155 Å². The Morgan fingerprint density at radius 1 is 1.04 bits per heavy atom. The summed E-state index contributed by atoms with van der Waals surface area (Å²) in [5, 5.41) is 0.0257. The number of halogens is 4. The average molecular weight is 386 g/mol. The summed E-state index contributed by atoms with van der Waals surface area (Å²) in [6.45, 7) is 2.89. The van der Waals surface area contributed by atoms with Crippen LogP contribution >= 0.6 is 11.6 Å². The van der Waals surface area contributed by atoms with E-state index >= 15 is 0 Å². The van der Waals surface area contributed by atoms with Gasteiger partial charge in [0, 0.05) is 38.1 Å². The predicted octanol–water partition coefficient (Wildman–Crippen LogP) is 4.48. The van der Waals surface area contributed by atoms with E-state index in [2.05, 4.69) is 9.88 Å². The van der Waals surface area contributed by atoms with Gasteiger partial charge in [-0.25, -0.2) is 4.98 Å². The van der Waals surface area contributed by atoms with Gasteiger partial charge in [-0.3, -0.25) is 0 Å². The van der Waals surface area contributed by atoms with E-state index in [4.69, 9.17) is 16.3 Å². The van der Waals surface area contributed by atoms with Crippen molar-refractivity contribution < 1.29 is 17.9 Å². The number of pyridine rings is 1. The van der Waals surface area contributed by atoms with Gasteiger partial charge < -0.3 is 14.5 Å². The molecule has 1 aromatic carbocycles. The lowest BCUT2D eigenvalue weighted by atomic mass is 10.2. The van der Waals surface area contributed by atoms with Crippen molar-refractivity contribution in [2.24, 2.45) is 0 Å². The number of benzene rings is 1. The van der Waals surface area contributed by atoms with E-state index < -0.39 is 11.7 Å². The van der Waals surface area contributed by atoms with Crippen molar-refractivity contribution in [2.75, 3.05) is 43.1 Å². The van der Waals surface area contributed by atoms with Gasteiger partial charge in [-0.2, -0.15) is 13.2 Å². The number of rotatable bonds is 3. The minimum atomic E-state index is -4.45. The van der Waals surface area contributed by atoms with Gasteiger partial charge in [-0.15, -0.1) is 0 Å². The smallest absolute Gasteiger partial charge is 0.417 e. The van der Waals surface area contributed by atoms with E-state index in [1.807, 2.05) is 29.2 Å². The first-order valence-corrected chi connectivity index (χ1v) is 8.63. The quantitative estimate of drug-likeness (QED) is 0.779. The maximum absolute atomic E-state index is 12.8. The standard InChI is InChI=1S/C18H19ClF3N3O/c1-26-15-5-3-14(4-6-15)24-7-2-8-25(10-9-24)17-16(19)11-13(12-23-17)18(20,21)22/h3-6,11-12H,2,7-10H2,1H3. The van der Waals surface area contributed by atoms with Crippen LogP contribution in [0.25, 0.3) is 0 Å². The van der Waals surface area contributed by atoms with Gasteiger partial charge in [-0.1, -0.05) is 11.6 Å². The molecule has 0 amide bonds. The van der Waals surface area contributed by atoms with Crippen LogP contribution in [0.5, 0.6) is 5.75 Å². The number of methoxy groups -OCH3 is 1. The number of anilines is 2. The van der Waals surface area contributed by atoms with Crippen molar-refractivity contribution in [3.05, 3.63) is 47.1 Å². The van der Waals surface area contributed by atoms with Crippen LogP contribution in [0.15, 0.2) is 36.5 Å². The highest BCUT2D eigenvalue weighted by molar-refractivity contribution is 6.33. The molecule has 2 heterocycles. The molecule has 0 N–H and O–H groups in total. The van der Waals surface area contributed by atoms with Crippen molar-refractivity contribution in [1.29, 1.82) is 0 Å². The fraction of sp³-hybridized carbons (Fsp3) is 0.389. The number of hydrogen-bond acceptors (Lipinski definition) is 4. The van der Waals surface area contributed by atoms with Crippen molar-refractivity contribution in [2.45, 2.75) is 12.6 Å². The molecule has 0 radical (unpaired) electrons. The Bertz CT molecular complexity index is 752. The van der Waals surface area contributed by atoms with Crippen molar-refractivity contribution in [3.63, 3.8) is 0 Å². The lowest BCUT2D eigenvalue weighted by molar-refractivity contribution is -0.137. The monoisotopic (exact) mass is 385 g/mol. The van der Waals surface area contributed by atoms with Gasteiger partial charge in [0.25, 0.3) is 0 Å². The van der Waals surface area contributed by atoms with E-state index in [9.17, 15) is 13.2 Å². The van der Waals surface area contributed by atoms with Crippen LogP contribution in [-0.2, 0) is 6.18 Å². The highest BCUT2D eigenvalue weighted by Gasteiger charge is 2.32. The third-order valence-electron chi connectivity index (χ3n) is 4.38. The molecule has 1 aromatic heterocycles. The lowest BCUT2D eigenvalue weighted by Gasteiger charge is -2.25. The van der Waals surface area contributed by atoms with Crippen LogP contribution in [0.2, 0.25) is 5.02 Å². The van der Waals surface area contributed by atoms with Crippen LogP contribution in [0, 0.1) is 0 Å². The maximum atomic E-state index is 12.8. The summed E-state index contributed by atoms with van der Waals surface area (Å²) >= 11 is 6.08. The second-order valence-corrected chi connectivity index (χ2v) is 6.46. The van der Waals surface area contributed by atoms with E-state index in [1.165, 1.54) is 0 Å². The highest BCUT2D eigenvalue weighted by atomic mass is 35.5. The Morgan fingerprint density at radius 3 is 2.31 bits per heavy atom. The first-order valence-electron chi connectivity index (χ1n) is 8.25. The SMILES string of the molecule is COc1ccc(N2CCCN(c3ncc(C(F)(F)F)cc3Cl)CC2)cc1. The molecule has 1 saturated heterocycles. The van der Waals surface area contributed by atoms with Crippen molar-refractivity contribution in [3.8, 4) is 5.75 Å². The van der Waals surface area contributed by atoms with Crippen LogP contribution < -0.4 is 14.5 Å². The molecule has 0 aliphatic carbocycles. The summed E-state index contributed by atoms with van der Waals surface area (Å²) in [4.78, 5) is 8.14. The zero-order valence-electron chi connectivity index (χ0n) is 14.3. The summed E-state index contributed by atoms with van der Waals surface area (Å²) in [5.41, 5.74) is 0.250. The van der Waals surface area contributed by atoms with E-state index in [0.717, 1.165) is 43.2 Å². The van der Waals surface area contributed by atoms with Crippen LogP contribution in [-0.4, -0.2) is 38.3 Å². The minimum Gasteiger partial charge on any atom is -0.497 e. The zero-order valence-corrected chi connectivity index (χ0v) is 15.0. The molecule has 2 aromatic rings. The fourth-order valence-corrected chi connectivity index (χ4v) is 3.28. The zero-order chi connectivity index (χ0) is 18.7. The molecular weight excluding hydrogens is 367 g/mol. The van der Waals surface area contributed by atoms with Crippen LogP contribution in [0.1, 0.15) is 12.0 Å². The normalized spacial score (nSPS) is 15.7. The average Bonchev–Trinajstić information content (AvgIpc) is 2.87. The van der Waals surface area contributed by atoms with E-state index in [-0.39, 0.29) is 5.02 Å². The van der Waals surface area contributed by atoms with Crippen LogP contribution in [0.3, 0.4) is 0 Å². The predicted molar refractivity (Wildman–Crippen MR) is 96.3 cm³/mol. The lowest BCUT2D eigenvalue weighted by Crippen LogP contribution is -2.31. The first-order chi connectivity index (χ1) is 12.4. The molecule has 3 rings (SSSR count). The molecule has 1 aliphatic rings. The summed E-state index contributed by atoms with van der Waals surface area (Å²) in [6, 6.07) is 8.75. The van der Waals surface area contributed by atoms with Gasteiger partial charge in [0.2, 0.25) is 0 Å². The highest BCUT2D eigenvalue weighted by Crippen LogP contribution is 2.34. The van der Waals surface area contributed by atoms with Gasteiger partial charge >= 0.3 is 6.18 Å². The molecule has 0 saturated carbocycles. The van der Waals surface area contributed by atoms with Gasteiger partial charge in [-0.05, 0) is 36.8 Å². The Balaban J connectivity index is 1.72. The minimum absolute atomic E-state index is 0.0257. The second kappa shape index (κ2) is 7.61. The third kappa shape index (κ3) is 4.15. The Hall–Kier alpha value is -2.15. The number of hydrogen-bond donors (Lipinski definition) is 0. The molecule has 4 nitrogen and oxygen atoms in total. The largest absolute Gasteiger partial charge is 0.497 e.